The molecule has 2 rings (SSSR count). The number of aromatic nitrogens is 3. The summed E-state index contributed by atoms with van der Waals surface area (Å²) in [5.41, 5.74) is 0.191. The number of benzene rings is 1. The highest BCUT2D eigenvalue weighted by Crippen LogP contribution is 2.30. The first-order chi connectivity index (χ1) is 9.51. The van der Waals surface area contributed by atoms with E-state index < -0.39 is 4.92 Å². The number of non-ortho nitro benzene ring substituents is 1. The van der Waals surface area contributed by atoms with Gasteiger partial charge in [0.25, 0.3) is 5.69 Å². The van der Waals surface area contributed by atoms with Crippen molar-refractivity contribution >= 4 is 23.2 Å². The lowest BCUT2D eigenvalue weighted by Gasteiger charge is -2.03. The van der Waals surface area contributed by atoms with Crippen molar-refractivity contribution in [3.05, 3.63) is 39.7 Å². The van der Waals surface area contributed by atoms with Crippen LogP contribution >= 0.6 is 11.8 Å². The van der Waals surface area contributed by atoms with Crippen molar-refractivity contribution < 1.29 is 9.72 Å². The van der Waals surface area contributed by atoms with Gasteiger partial charge in [0.2, 0.25) is 5.16 Å². The first-order valence-corrected chi connectivity index (χ1v) is 6.71. The summed E-state index contributed by atoms with van der Waals surface area (Å²) in [6.07, 6.45) is 0.730. The van der Waals surface area contributed by atoms with Crippen molar-refractivity contribution in [3.8, 4) is 0 Å². The fourth-order valence-electron chi connectivity index (χ4n) is 1.58. The number of carbonyl (C=O) groups is 1. The van der Waals surface area contributed by atoms with E-state index in [1.54, 1.807) is 6.07 Å². The number of hydrogen-bond donors (Lipinski definition) is 1. The molecule has 0 atom stereocenters. The second kappa shape index (κ2) is 5.83. The molecule has 2 aromatic rings. The Hall–Kier alpha value is -2.22. The van der Waals surface area contributed by atoms with Crippen molar-refractivity contribution in [2.75, 3.05) is 0 Å². The monoisotopic (exact) mass is 292 g/mol. The molecule has 0 bridgehead atoms. The SMILES string of the molecule is CCc1nc(Sc2ccc([N+](=O)[O-])cc2C(C)=O)n[nH]1. The molecule has 0 unspecified atom stereocenters. The topological polar surface area (TPSA) is 102 Å². The quantitative estimate of drug-likeness (QED) is 0.516. The minimum Gasteiger partial charge on any atom is -0.294 e. The lowest BCUT2D eigenvalue weighted by Crippen LogP contribution is -1.98. The number of carbonyl (C=O) groups excluding carboxylic acids is 1. The van der Waals surface area contributed by atoms with Gasteiger partial charge in [-0.2, -0.15) is 0 Å². The molecule has 0 radical (unpaired) electrons. The van der Waals surface area contributed by atoms with Crippen molar-refractivity contribution in [2.24, 2.45) is 0 Å². The molecular formula is C12H12N4O3S. The number of hydrogen-bond acceptors (Lipinski definition) is 6. The number of aryl methyl sites for hydroxylation is 1. The number of Topliss-reactive ketones (excluding diaryl/α,β-unsaturated/α-hetero) is 1. The van der Waals surface area contributed by atoms with Gasteiger partial charge in [0.05, 0.1) is 4.92 Å². The number of aromatic amines is 1. The first kappa shape index (κ1) is 14.2. The summed E-state index contributed by atoms with van der Waals surface area (Å²) in [5.74, 6) is 0.515. The predicted molar refractivity (Wildman–Crippen MR) is 73.0 cm³/mol. The van der Waals surface area contributed by atoms with E-state index in [4.69, 9.17) is 0 Å². The van der Waals surface area contributed by atoms with Gasteiger partial charge in [-0.1, -0.05) is 6.92 Å². The molecule has 0 aliphatic heterocycles. The van der Waals surface area contributed by atoms with Crippen LogP contribution in [0.5, 0.6) is 0 Å². The normalized spacial score (nSPS) is 10.5. The van der Waals surface area contributed by atoms with Crippen LogP contribution in [0.1, 0.15) is 30.0 Å². The largest absolute Gasteiger partial charge is 0.294 e. The highest BCUT2D eigenvalue weighted by Gasteiger charge is 2.16. The highest BCUT2D eigenvalue weighted by molar-refractivity contribution is 7.99. The Morgan fingerprint density at radius 2 is 2.25 bits per heavy atom. The van der Waals surface area contributed by atoms with Gasteiger partial charge in [0.1, 0.15) is 5.82 Å². The zero-order valence-electron chi connectivity index (χ0n) is 10.9. The predicted octanol–water partition coefficient (Wildman–Crippen LogP) is 2.63. The van der Waals surface area contributed by atoms with Crippen LogP contribution in [-0.2, 0) is 6.42 Å². The number of rotatable bonds is 5. The zero-order chi connectivity index (χ0) is 14.7. The molecule has 1 heterocycles. The van der Waals surface area contributed by atoms with Crippen LogP contribution in [0.15, 0.2) is 28.3 Å². The van der Waals surface area contributed by atoms with E-state index >= 15 is 0 Å². The summed E-state index contributed by atoms with van der Waals surface area (Å²) in [6, 6.07) is 4.18. The number of nitro benzene ring substituents is 1. The van der Waals surface area contributed by atoms with Crippen molar-refractivity contribution in [2.45, 2.75) is 30.3 Å². The van der Waals surface area contributed by atoms with Crippen LogP contribution in [-0.4, -0.2) is 25.9 Å². The van der Waals surface area contributed by atoms with E-state index in [1.807, 2.05) is 6.92 Å². The van der Waals surface area contributed by atoms with Gasteiger partial charge in [0, 0.05) is 29.0 Å². The standard InChI is InChI=1S/C12H12N4O3S/c1-3-11-13-12(15-14-11)20-10-5-4-8(16(18)19)6-9(10)7(2)17/h4-6H,3H2,1-2H3,(H,13,14,15). The molecule has 0 saturated heterocycles. The average molecular weight is 292 g/mol. The minimum atomic E-state index is -0.525. The maximum absolute atomic E-state index is 11.6. The first-order valence-electron chi connectivity index (χ1n) is 5.89. The molecule has 0 saturated carbocycles. The molecular weight excluding hydrogens is 280 g/mol. The lowest BCUT2D eigenvalue weighted by molar-refractivity contribution is -0.384. The van der Waals surface area contributed by atoms with Crippen molar-refractivity contribution in [3.63, 3.8) is 0 Å². The van der Waals surface area contributed by atoms with Crippen LogP contribution in [0.2, 0.25) is 0 Å². The number of ketones is 1. The summed E-state index contributed by atoms with van der Waals surface area (Å²) in [5, 5.41) is 18.0. The molecule has 20 heavy (non-hydrogen) atoms. The van der Waals surface area contributed by atoms with Gasteiger partial charge >= 0.3 is 0 Å². The summed E-state index contributed by atoms with van der Waals surface area (Å²) < 4.78 is 0. The third-order valence-electron chi connectivity index (χ3n) is 2.60. The Labute approximate surface area is 119 Å². The third-order valence-corrected chi connectivity index (χ3v) is 3.54. The second-order valence-corrected chi connectivity index (χ2v) is 5.02. The summed E-state index contributed by atoms with van der Waals surface area (Å²) in [7, 11) is 0. The summed E-state index contributed by atoms with van der Waals surface area (Å²) in [4.78, 5) is 26.7. The molecule has 104 valence electrons. The van der Waals surface area contributed by atoms with Crippen LogP contribution < -0.4 is 0 Å². The fraction of sp³-hybridized carbons (Fsp3) is 0.250. The summed E-state index contributed by atoms with van der Waals surface area (Å²) >= 11 is 1.20. The van der Waals surface area contributed by atoms with E-state index in [0.29, 0.717) is 15.6 Å². The van der Waals surface area contributed by atoms with Gasteiger partial charge in [-0.3, -0.25) is 20.0 Å². The molecule has 0 aliphatic rings. The Kier molecular flexibility index (Phi) is 4.14. The molecule has 0 aliphatic carbocycles. The van der Waals surface area contributed by atoms with Gasteiger partial charge in [-0.15, -0.1) is 5.10 Å². The van der Waals surface area contributed by atoms with Crippen LogP contribution in [0.4, 0.5) is 5.69 Å². The number of nitro groups is 1. The van der Waals surface area contributed by atoms with E-state index in [9.17, 15) is 14.9 Å². The maximum Gasteiger partial charge on any atom is 0.270 e. The van der Waals surface area contributed by atoms with E-state index in [0.717, 1.165) is 12.2 Å². The van der Waals surface area contributed by atoms with Gasteiger partial charge in [0.15, 0.2) is 5.78 Å². The van der Waals surface area contributed by atoms with Crippen molar-refractivity contribution in [1.29, 1.82) is 0 Å². The Morgan fingerprint density at radius 1 is 1.50 bits per heavy atom. The average Bonchev–Trinajstić information content (AvgIpc) is 2.86. The summed E-state index contributed by atoms with van der Waals surface area (Å²) in [6.45, 7) is 3.32. The molecule has 0 amide bonds. The van der Waals surface area contributed by atoms with Crippen LogP contribution in [0.3, 0.4) is 0 Å². The molecule has 1 aromatic carbocycles. The number of H-pyrrole nitrogens is 1. The highest BCUT2D eigenvalue weighted by atomic mass is 32.2. The number of nitrogens with zero attached hydrogens (tertiary/aromatic N) is 3. The minimum absolute atomic E-state index is 0.108. The lowest BCUT2D eigenvalue weighted by atomic mass is 10.1. The smallest absolute Gasteiger partial charge is 0.270 e. The molecule has 1 aromatic heterocycles. The maximum atomic E-state index is 11.6. The van der Waals surface area contributed by atoms with Crippen LogP contribution in [0.25, 0.3) is 0 Å². The molecule has 7 nitrogen and oxygen atoms in total. The fourth-order valence-corrected chi connectivity index (χ4v) is 2.47. The van der Waals surface area contributed by atoms with Crippen molar-refractivity contribution in [1.82, 2.24) is 15.2 Å². The Bertz CT molecular complexity index is 668. The van der Waals surface area contributed by atoms with E-state index in [1.165, 1.54) is 30.8 Å². The van der Waals surface area contributed by atoms with Crippen LogP contribution in [0, 0.1) is 10.1 Å². The molecule has 1 N–H and O–H groups in total. The van der Waals surface area contributed by atoms with E-state index in [2.05, 4.69) is 15.2 Å². The van der Waals surface area contributed by atoms with Gasteiger partial charge in [-0.25, -0.2) is 4.98 Å². The van der Waals surface area contributed by atoms with E-state index in [-0.39, 0.29) is 11.5 Å². The Balaban J connectivity index is 2.35. The third kappa shape index (κ3) is 3.02. The molecule has 8 heteroatoms. The molecule has 0 spiro atoms. The van der Waals surface area contributed by atoms with Gasteiger partial charge in [-0.05, 0) is 24.8 Å². The molecule has 0 fully saturated rings. The zero-order valence-corrected chi connectivity index (χ0v) is 11.7. The second-order valence-electron chi connectivity index (χ2n) is 4.01. The number of nitrogens with one attached hydrogen (secondary N) is 1. The van der Waals surface area contributed by atoms with Gasteiger partial charge < -0.3 is 0 Å². The Morgan fingerprint density at radius 3 is 2.80 bits per heavy atom.